The van der Waals surface area contributed by atoms with Crippen LogP contribution in [0.3, 0.4) is 0 Å². The van der Waals surface area contributed by atoms with E-state index in [-0.39, 0.29) is 0 Å². The monoisotopic (exact) mass is 250 g/mol. The van der Waals surface area contributed by atoms with Crippen LogP contribution in [0.1, 0.15) is 11.1 Å². The fourth-order valence-corrected chi connectivity index (χ4v) is 1.56. The molecule has 2 aromatic rings. The van der Waals surface area contributed by atoms with E-state index in [1.54, 1.807) is 0 Å². The van der Waals surface area contributed by atoms with Gasteiger partial charge in [-0.2, -0.15) is 5.10 Å². The molecule has 0 unspecified atom stereocenters. The zero-order chi connectivity index (χ0) is 9.97. The van der Waals surface area contributed by atoms with Crippen LogP contribution in [0.15, 0.2) is 36.7 Å². The molecule has 1 aromatic carbocycles. The zero-order valence-electron chi connectivity index (χ0n) is 7.94. The summed E-state index contributed by atoms with van der Waals surface area (Å²) in [7, 11) is 0. The van der Waals surface area contributed by atoms with Crippen LogP contribution < -0.4 is 0 Å². The summed E-state index contributed by atoms with van der Waals surface area (Å²) in [6.07, 6.45) is 3.90. The molecule has 14 heavy (non-hydrogen) atoms. The van der Waals surface area contributed by atoms with Crippen molar-refractivity contribution in [1.82, 2.24) is 9.78 Å². The highest BCUT2D eigenvalue weighted by atomic mass is 79.9. The molecule has 0 saturated heterocycles. The highest BCUT2D eigenvalue weighted by Crippen LogP contribution is 2.11. The lowest BCUT2D eigenvalue weighted by Gasteiger charge is -2.00. The van der Waals surface area contributed by atoms with E-state index in [4.69, 9.17) is 0 Å². The summed E-state index contributed by atoms with van der Waals surface area (Å²) in [6, 6.07) is 8.32. The smallest absolute Gasteiger partial charge is 0.0645 e. The Morgan fingerprint density at radius 2 is 2.00 bits per heavy atom. The lowest BCUT2D eigenvalue weighted by atomic mass is 10.2. The van der Waals surface area contributed by atoms with Crippen LogP contribution in [-0.2, 0) is 5.33 Å². The summed E-state index contributed by atoms with van der Waals surface area (Å²) in [6.45, 7) is 2.08. The van der Waals surface area contributed by atoms with E-state index in [0.29, 0.717) is 0 Å². The topological polar surface area (TPSA) is 17.8 Å². The molecule has 1 aromatic heterocycles. The number of hydrogen-bond donors (Lipinski definition) is 0. The first-order valence-electron chi connectivity index (χ1n) is 4.46. The van der Waals surface area contributed by atoms with Crippen molar-refractivity contribution in [2.45, 2.75) is 12.3 Å². The van der Waals surface area contributed by atoms with Crippen LogP contribution in [0, 0.1) is 6.92 Å². The SMILES string of the molecule is Cc1ccc(-n2cc(CBr)cn2)cc1. The predicted octanol–water partition coefficient (Wildman–Crippen LogP) is 3.08. The number of aromatic nitrogens is 2. The minimum absolute atomic E-state index is 0.846. The van der Waals surface area contributed by atoms with E-state index in [9.17, 15) is 0 Å². The van der Waals surface area contributed by atoms with Gasteiger partial charge < -0.3 is 0 Å². The molecule has 72 valence electrons. The predicted molar refractivity (Wildman–Crippen MR) is 60.9 cm³/mol. The van der Waals surface area contributed by atoms with Crippen molar-refractivity contribution in [2.24, 2.45) is 0 Å². The fourth-order valence-electron chi connectivity index (χ4n) is 1.27. The second kappa shape index (κ2) is 3.96. The summed E-state index contributed by atoms with van der Waals surface area (Å²) >= 11 is 3.40. The van der Waals surface area contributed by atoms with Crippen molar-refractivity contribution in [3.63, 3.8) is 0 Å². The zero-order valence-corrected chi connectivity index (χ0v) is 9.53. The van der Waals surface area contributed by atoms with E-state index in [0.717, 1.165) is 11.0 Å². The van der Waals surface area contributed by atoms with Crippen LogP contribution in [-0.4, -0.2) is 9.78 Å². The molecular formula is C11H11BrN2. The van der Waals surface area contributed by atoms with E-state index in [1.807, 2.05) is 17.1 Å². The number of alkyl halides is 1. The van der Waals surface area contributed by atoms with Crippen molar-refractivity contribution in [3.8, 4) is 5.69 Å². The molecule has 3 heteroatoms. The summed E-state index contributed by atoms with van der Waals surface area (Å²) in [5, 5.41) is 5.12. The highest BCUT2D eigenvalue weighted by molar-refractivity contribution is 9.08. The Bertz CT molecular complexity index is 417. The molecule has 0 aliphatic heterocycles. The standard InChI is InChI=1S/C11H11BrN2/c1-9-2-4-11(5-3-9)14-8-10(6-12)7-13-14/h2-5,7-8H,6H2,1H3. The van der Waals surface area contributed by atoms with Crippen molar-refractivity contribution in [1.29, 1.82) is 0 Å². The molecule has 0 spiro atoms. The quantitative estimate of drug-likeness (QED) is 0.750. The molecule has 2 nitrogen and oxygen atoms in total. The van der Waals surface area contributed by atoms with Gasteiger partial charge in [-0.25, -0.2) is 4.68 Å². The Balaban J connectivity index is 2.34. The first kappa shape index (κ1) is 9.46. The van der Waals surface area contributed by atoms with Crippen LogP contribution in [0.5, 0.6) is 0 Å². The number of hydrogen-bond acceptors (Lipinski definition) is 1. The molecule has 0 bridgehead atoms. The third kappa shape index (κ3) is 1.87. The Hall–Kier alpha value is -1.09. The minimum atomic E-state index is 0.846. The van der Waals surface area contributed by atoms with Crippen LogP contribution in [0.2, 0.25) is 0 Å². The summed E-state index contributed by atoms with van der Waals surface area (Å²) in [5.74, 6) is 0. The van der Waals surface area contributed by atoms with Gasteiger partial charge in [0.2, 0.25) is 0 Å². The second-order valence-electron chi connectivity index (χ2n) is 3.26. The number of rotatable bonds is 2. The van der Waals surface area contributed by atoms with Gasteiger partial charge in [0.1, 0.15) is 0 Å². The van der Waals surface area contributed by atoms with Crippen molar-refractivity contribution >= 4 is 15.9 Å². The normalized spacial score (nSPS) is 10.4. The molecule has 0 N–H and O–H groups in total. The lowest BCUT2D eigenvalue weighted by molar-refractivity contribution is 0.879. The van der Waals surface area contributed by atoms with Gasteiger partial charge in [-0.3, -0.25) is 0 Å². The number of aryl methyl sites for hydroxylation is 1. The van der Waals surface area contributed by atoms with Gasteiger partial charge in [-0.1, -0.05) is 33.6 Å². The molecule has 2 rings (SSSR count). The van der Waals surface area contributed by atoms with Gasteiger partial charge in [-0.15, -0.1) is 0 Å². The molecule has 0 radical (unpaired) electrons. The Kier molecular flexibility index (Phi) is 2.68. The van der Waals surface area contributed by atoms with E-state index >= 15 is 0 Å². The fraction of sp³-hybridized carbons (Fsp3) is 0.182. The van der Waals surface area contributed by atoms with Gasteiger partial charge in [0, 0.05) is 17.1 Å². The highest BCUT2D eigenvalue weighted by Gasteiger charge is 1.98. The van der Waals surface area contributed by atoms with E-state index in [1.165, 1.54) is 11.1 Å². The summed E-state index contributed by atoms with van der Waals surface area (Å²) in [5.41, 5.74) is 3.55. The summed E-state index contributed by atoms with van der Waals surface area (Å²) < 4.78 is 1.88. The van der Waals surface area contributed by atoms with Gasteiger partial charge in [0.25, 0.3) is 0 Å². The molecule has 0 aliphatic carbocycles. The molecule has 1 heterocycles. The first-order valence-corrected chi connectivity index (χ1v) is 5.58. The molecule has 0 saturated carbocycles. The molecule has 0 aliphatic rings. The van der Waals surface area contributed by atoms with E-state index < -0.39 is 0 Å². The lowest BCUT2D eigenvalue weighted by Crippen LogP contribution is -1.93. The first-order chi connectivity index (χ1) is 6.79. The Morgan fingerprint density at radius 1 is 1.29 bits per heavy atom. The third-order valence-corrected chi connectivity index (χ3v) is 2.74. The molecule has 0 fully saturated rings. The van der Waals surface area contributed by atoms with Crippen LogP contribution >= 0.6 is 15.9 Å². The second-order valence-corrected chi connectivity index (χ2v) is 3.82. The molecule has 0 amide bonds. The van der Waals surface area contributed by atoms with Crippen molar-refractivity contribution in [2.75, 3.05) is 0 Å². The minimum Gasteiger partial charge on any atom is -0.241 e. The van der Waals surface area contributed by atoms with Gasteiger partial charge in [0.15, 0.2) is 0 Å². The van der Waals surface area contributed by atoms with Gasteiger partial charge in [-0.05, 0) is 19.1 Å². The maximum Gasteiger partial charge on any atom is 0.0645 e. The number of halogens is 1. The average Bonchev–Trinajstić information content (AvgIpc) is 2.67. The molecule has 0 atom stereocenters. The third-order valence-electron chi connectivity index (χ3n) is 2.09. The van der Waals surface area contributed by atoms with Crippen molar-refractivity contribution < 1.29 is 0 Å². The largest absolute Gasteiger partial charge is 0.241 e. The number of nitrogens with zero attached hydrogens (tertiary/aromatic N) is 2. The Labute approximate surface area is 91.7 Å². The van der Waals surface area contributed by atoms with Crippen molar-refractivity contribution in [3.05, 3.63) is 47.8 Å². The maximum atomic E-state index is 4.27. The average molecular weight is 251 g/mol. The Morgan fingerprint density at radius 3 is 2.57 bits per heavy atom. The maximum absolute atomic E-state index is 4.27. The van der Waals surface area contributed by atoms with Crippen LogP contribution in [0.25, 0.3) is 5.69 Å². The summed E-state index contributed by atoms with van der Waals surface area (Å²) in [4.78, 5) is 0. The van der Waals surface area contributed by atoms with Crippen LogP contribution in [0.4, 0.5) is 0 Å². The van der Waals surface area contributed by atoms with E-state index in [2.05, 4.69) is 52.2 Å². The van der Waals surface area contributed by atoms with Gasteiger partial charge >= 0.3 is 0 Å². The number of benzene rings is 1. The molecular weight excluding hydrogens is 240 g/mol. The van der Waals surface area contributed by atoms with Gasteiger partial charge in [0.05, 0.1) is 11.9 Å².